The molecular weight excluding hydrogens is 241 g/mol. The Balaban J connectivity index is 2.30. The van der Waals surface area contributed by atoms with Crippen molar-refractivity contribution in [2.24, 2.45) is 5.92 Å². The van der Waals surface area contributed by atoms with Gasteiger partial charge >= 0.3 is 6.18 Å². The highest BCUT2D eigenvalue weighted by Gasteiger charge is 2.40. The number of aliphatic hydroxyl groups is 1. The SMILES string of the molecule is OC[C@H]1C[C@H]1c1ccc(Cl)c(C(F)(F)F)c1. The van der Waals surface area contributed by atoms with Crippen LogP contribution in [0.5, 0.6) is 0 Å². The maximum Gasteiger partial charge on any atom is 0.417 e. The molecule has 1 aliphatic carbocycles. The Hall–Kier alpha value is -0.740. The largest absolute Gasteiger partial charge is 0.417 e. The van der Waals surface area contributed by atoms with E-state index in [4.69, 9.17) is 16.7 Å². The van der Waals surface area contributed by atoms with E-state index in [1.165, 1.54) is 6.07 Å². The maximum atomic E-state index is 12.6. The van der Waals surface area contributed by atoms with Crippen molar-refractivity contribution in [3.63, 3.8) is 0 Å². The standard InChI is InChI=1S/C11H10ClF3O/c12-10-2-1-6(8-3-7(8)5-16)4-9(10)11(13,14)15/h1-2,4,7-8,16H,3,5H2/t7-,8+/m1/s1. The molecule has 1 N–H and O–H groups in total. The third-order valence-electron chi connectivity index (χ3n) is 2.88. The van der Waals surface area contributed by atoms with E-state index >= 15 is 0 Å². The quantitative estimate of drug-likeness (QED) is 0.852. The first-order valence-corrected chi connectivity index (χ1v) is 5.28. The highest BCUT2D eigenvalue weighted by Crippen LogP contribution is 2.48. The molecule has 1 fully saturated rings. The zero-order valence-electron chi connectivity index (χ0n) is 8.26. The first-order chi connectivity index (χ1) is 7.43. The Morgan fingerprint density at radius 2 is 2.06 bits per heavy atom. The number of aliphatic hydroxyl groups excluding tert-OH is 1. The minimum absolute atomic E-state index is 0.0225. The zero-order valence-corrected chi connectivity index (χ0v) is 9.02. The second-order valence-electron chi connectivity index (χ2n) is 4.02. The number of benzene rings is 1. The highest BCUT2D eigenvalue weighted by molar-refractivity contribution is 6.31. The van der Waals surface area contributed by atoms with E-state index in [1.54, 1.807) is 6.07 Å². The van der Waals surface area contributed by atoms with Crippen molar-refractivity contribution in [2.45, 2.75) is 18.5 Å². The predicted octanol–water partition coefficient (Wildman–Crippen LogP) is 3.45. The summed E-state index contributed by atoms with van der Waals surface area (Å²) in [4.78, 5) is 0. The molecule has 5 heteroatoms. The van der Waals surface area contributed by atoms with Gasteiger partial charge in [-0.1, -0.05) is 17.7 Å². The van der Waals surface area contributed by atoms with Crippen molar-refractivity contribution in [1.29, 1.82) is 0 Å². The summed E-state index contributed by atoms with van der Waals surface area (Å²) in [6.45, 7) is 0.0225. The average Bonchev–Trinajstić information content (AvgIpc) is 2.96. The molecule has 1 aliphatic rings. The van der Waals surface area contributed by atoms with Crippen LogP contribution in [-0.2, 0) is 6.18 Å². The minimum atomic E-state index is -4.42. The van der Waals surface area contributed by atoms with E-state index in [1.807, 2.05) is 0 Å². The molecule has 2 atom stereocenters. The van der Waals surface area contributed by atoms with Crippen LogP contribution in [0, 0.1) is 5.92 Å². The second-order valence-corrected chi connectivity index (χ2v) is 4.43. The molecule has 0 unspecified atom stereocenters. The van der Waals surface area contributed by atoms with Gasteiger partial charge in [-0.3, -0.25) is 0 Å². The molecule has 1 aromatic carbocycles. The summed E-state index contributed by atoms with van der Waals surface area (Å²) in [6, 6.07) is 3.95. The van der Waals surface area contributed by atoms with E-state index < -0.39 is 11.7 Å². The Labute approximate surface area is 95.8 Å². The fourth-order valence-electron chi connectivity index (χ4n) is 1.85. The van der Waals surface area contributed by atoms with E-state index in [0.29, 0.717) is 5.56 Å². The summed E-state index contributed by atoms with van der Waals surface area (Å²) < 4.78 is 37.7. The van der Waals surface area contributed by atoms with Crippen LogP contribution >= 0.6 is 11.6 Å². The number of rotatable bonds is 2. The molecule has 2 rings (SSSR count). The molecule has 0 aromatic heterocycles. The minimum Gasteiger partial charge on any atom is -0.396 e. The van der Waals surface area contributed by atoms with Gasteiger partial charge in [0.25, 0.3) is 0 Å². The van der Waals surface area contributed by atoms with Crippen LogP contribution in [0.2, 0.25) is 5.02 Å². The normalized spacial score (nSPS) is 24.6. The van der Waals surface area contributed by atoms with Crippen LogP contribution in [0.1, 0.15) is 23.5 Å². The van der Waals surface area contributed by atoms with Gasteiger partial charge in [-0.05, 0) is 36.0 Å². The third-order valence-corrected chi connectivity index (χ3v) is 3.21. The molecule has 1 saturated carbocycles. The molecule has 0 spiro atoms. The van der Waals surface area contributed by atoms with Crippen molar-refractivity contribution in [3.05, 3.63) is 34.3 Å². The van der Waals surface area contributed by atoms with Gasteiger partial charge in [-0.2, -0.15) is 13.2 Å². The van der Waals surface area contributed by atoms with E-state index in [-0.39, 0.29) is 23.5 Å². The van der Waals surface area contributed by atoms with Gasteiger partial charge in [0.1, 0.15) is 0 Å². The Morgan fingerprint density at radius 1 is 1.38 bits per heavy atom. The van der Waals surface area contributed by atoms with Crippen molar-refractivity contribution in [1.82, 2.24) is 0 Å². The Bertz CT molecular complexity index is 403. The molecule has 1 aromatic rings. The summed E-state index contributed by atoms with van der Waals surface area (Å²) in [7, 11) is 0. The van der Waals surface area contributed by atoms with Crippen molar-refractivity contribution < 1.29 is 18.3 Å². The highest BCUT2D eigenvalue weighted by atomic mass is 35.5. The van der Waals surface area contributed by atoms with Crippen LogP contribution in [0.25, 0.3) is 0 Å². The van der Waals surface area contributed by atoms with Gasteiger partial charge in [0, 0.05) is 6.61 Å². The monoisotopic (exact) mass is 250 g/mol. The van der Waals surface area contributed by atoms with E-state index in [2.05, 4.69) is 0 Å². The second kappa shape index (κ2) is 3.93. The summed E-state index contributed by atoms with van der Waals surface area (Å²) in [6.07, 6.45) is -3.67. The number of alkyl halides is 3. The fraction of sp³-hybridized carbons (Fsp3) is 0.455. The summed E-state index contributed by atoms with van der Waals surface area (Å²) in [5.74, 6) is 0.144. The average molecular weight is 251 g/mol. The van der Waals surface area contributed by atoms with Crippen molar-refractivity contribution >= 4 is 11.6 Å². The molecule has 0 heterocycles. The molecule has 0 aliphatic heterocycles. The molecule has 0 radical (unpaired) electrons. The summed E-state index contributed by atoms with van der Waals surface area (Å²) >= 11 is 5.51. The van der Waals surface area contributed by atoms with Gasteiger partial charge < -0.3 is 5.11 Å². The first-order valence-electron chi connectivity index (χ1n) is 4.91. The number of halogens is 4. The summed E-state index contributed by atoms with van der Waals surface area (Å²) in [5, 5.41) is 8.59. The van der Waals surface area contributed by atoms with Gasteiger partial charge in [0.15, 0.2) is 0 Å². The molecular formula is C11H10ClF3O. The van der Waals surface area contributed by atoms with Crippen LogP contribution in [0.3, 0.4) is 0 Å². The zero-order chi connectivity index (χ0) is 11.9. The lowest BCUT2D eigenvalue weighted by Crippen LogP contribution is -2.06. The number of hydrogen-bond donors (Lipinski definition) is 1. The smallest absolute Gasteiger partial charge is 0.396 e. The predicted molar refractivity (Wildman–Crippen MR) is 54.4 cm³/mol. The van der Waals surface area contributed by atoms with Gasteiger partial charge in [0.2, 0.25) is 0 Å². The van der Waals surface area contributed by atoms with Crippen LogP contribution < -0.4 is 0 Å². The molecule has 16 heavy (non-hydrogen) atoms. The van der Waals surface area contributed by atoms with Crippen molar-refractivity contribution in [3.8, 4) is 0 Å². The van der Waals surface area contributed by atoms with Gasteiger partial charge in [0.05, 0.1) is 10.6 Å². The van der Waals surface area contributed by atoms with Gasteiger partial charge in [-0.25, -0.2) is 0 Å². The fourth-order valence-corrected chi connectivity index (χ4v) is 2.07. The Morgan fingerprint density at radius 3 is 2.56 bits per heavy atom. The molecule has 88 valence electrons. The summed E-state index contributed by atoms with van der Waals surface area (Å²) in [5.41, 5.74) is -0.189. The molecule has 0 saturated heterocycles. The maximum absolute atomic E-state index is 12.6. The lowest BCUT2D eigenvalue weighted by molar-refractivity contribution is -0.137. The molecule has 0 amide bonds. The topological polar surface area (TPSA) is 20.2 Å². The van der Waals surface area contributed by atoms with Crippen LogP contribution in [0.4, 0.5) is 13.2 Å². The van der Waals surface area contributed by atoms with Gasteiger partial charge in [-0.15, -0.1) is 0 Å². The molecule has 1 nitrogen and oxygen atoms in total. The lowest BCUT2D eigenvalue weighted by Gasteiger charge is -2.10. The van der Waals surface area contributed by atoms with Crippen LogP contribution in [-0.4, -0.2) is 11.7 Å². The van der Waals surface area contributed by atoms with Crippen molar-refractivity contribution in [2.75, 3.05) is 6.61 Å². The van der Waals surface area contributed by atoms with E-state index in [0.717, 1.165) is 12.5 Å². The number of hydrogen-bond acceptors (Lipinski definition) is 1. The van der Waals surface area contributed by atoms with E-state index in [9.17, 15) is 13.2 Å². The lowest BCUT2D eigenvalue weighted by atomic mass is 10.1. The third kappa shape index (κ3) is 2.18. The Kier molecular flexibility index (Phi) is 2.88. The first kappa shape index (κ1) is 11.7. The molecule has 0 bridgehead atoms. The van der Waals surface area contributed by atoms with Crippen LogP contribution in [0.15, 0.2) is 18.2 Å².